The van der Waals surface area contributed by atoms with Crippen molar-refractivity contribution in [1.82, 2.24) is 5.16 Å². The van der Waals surface area contributed by atoms with E-state index in [0.717, 1.165) is 38.3 Å². The van der Waals surface area contributed by atoms with Gasteiger partial charge in [-0.3, -0.25) is 4.79 Å². The third-order valence-electron chi connectivity index (χ3n) is 4.82. The lowest BCUT2D eigenvalue weighted by atomic mass is 10.1. The minimum Gasteiger partial charge on any atom is -0.456 e. The Labute approximate surface area is 177 Å². The molecular weight excluding hydrogens is 396 g/mol. The zero-order valence-corrected chi connectivity index (χ0v) is 17.0. The van der Waals surface area contributed by atoms with E-state index < -0.39 is 0 Å². The Morgan fingerprint density at radius 2 is 1.77 bits per heavy atom. The number of hydrogen-bond donors (Lipinski definition) is 1. The van der Waals surface area contributed by atoms with Gasteiger partial charge in [-0.25, -0.2) is 0 Å². The zero-order valence-electron chi connectivity index (χ0n) is 16.2. The quantitative estimate of drug-likeness (QED) is 0.336. The lowest BCUT2D eigenvalue weighted by Gasteiger charge is -2.09. The number of hydrogen-bond acceptors (Lipinski definition) is 5. The predicted molar refractivity (Wildman–Crippen MR) is 119 cm³/mol. The number of fused-ring (bicyclic) bond motifs is 3. The summed E-state index contributed by atoms with van der Waals surface area (Å²) in [5, 5.41) is 8.99. The largest absolute Gasteiger partial charge is 0.456 e. The van der Waals surface area contributed by atoms with Crippen molar-refractivity contribution < 1.29 is 13.7 Å². The molecule has 5 rings (SSSR count). The molecule has 0 radical (unpaired) electrons. The molecule has 0 aliphatic heterocycles. The van der Waals surface area contributed by atoms with Gasteiger partial charge in [0, 0.05) is 33.5 Å². The van der Waals surface area contributed by atoms with Gasteiger partial charge in [0.2, 0.25) is 0 Å². The number of carbonyl (C=O) groups excluding carboxylic acids is 1. The van der Waals surface area contributed by atoms with Crippen LogP contribution >= 0.6 is 11.8 Å². The summed E-state index contributed by atoms with van der Waals surface area (Å²) in [5.41, 5.74) is 3.73. The number of anilines is 1. The Morgan fingerprint density at radius 3 is 2.63 bits per heavy atom. The third kappa shape index (κ3) is 3.57. The van der Waals surface area contributed by atoms with Crippen LogP contribution in [-0.4, -0.2) is 11.1 Å². The highest BCUT2D eigenvalue weighted by Gasteiger charge is 2.14. The fourth-order valence-electron chi connectivity index (χ4n) is 3.42. The molecule has 2 aromatic heterocycles. The molecule has 0 spiro atoms. The monoisotopic (exact) mass is 414 g/mol. The second kappa shape index (κ2) is 7.72. The van der Waals surface area contributed by atoms with Gasteiger partial charge in [0.15, 0.2) is 0 Å². The molecule has 0 unspecified atom stereocenters. The van der Waals surface area contributed by atoms with E-state index in [1.54, 1.807) is 11.8 Å². The number of aryl methyl sites for hydroxylation is 1. The van der Waals surface area contributed by atoms with Gasteiger partial charge in [-0.1, -0.05) is 35.5 Å². The molecule has 3 aromatic carbocycles. The van der Waals surface area contributed by atoms with Crippen LogP contribution in [0, 0.1) is 6.92 Å². The molecule has 0 aliphatic rings. The highest BCUT2D eigenvalue weighted by Crippen LogP contribution is 2.31. The highest BCUT2D eigenvalue weighted by molar-refractivity contribution is 7.98. The van der Waals surface area contributed by atoms with Gasteiger partial charge in [0.1, 0.15) is 16.9 Å². The first-order valence-corrected chi connectivity index (χ1v) is 10.5. The number of rotatable bonds is 5. The van der Waals surface area contributed by atoms with E-state index in [2.05, 4.69) is 10.5 Å². The van der Waals surface area contributed by atoms with Crippen molar-refractivity contribution >= 4 is 45.3 Å². The molecule has 148 valence electrons. The Bertz CT molecular complexity index is 1370. The van der Waals surface area contributed by atoms with Crippen LogP contribution in [0.4, 0.5) is 5.69 Å². The van der Waals surface area contributed by atoms with Gasteiger partial charge >= 0.3 is 0 Å². The van der Waals surface area contributed by atoms with E-state index in [1.807, 2.05) is 79.7 Å². The summed E-state index contributed by atoms with van der Waals surface area (Å²) in [4.78, 5) is 13.9. The average molecular weight is 414 g/mol. The van der Waals surface area contributed by atoms with E-state index in [-0.39, 0.29) is 5.91 Å². The lowest BCUT2D eigenvalue weighted by Crippen LogP contribution is -2.12. The van der Waals surface area contributed by atoms with Crippen molar-refractivity contribution in [2.45, 2.75) is 17.6 Å². The van der Waals surface area contributed by atoms with Gasteiger partial charge < -0.3 is 14.3 Å². The second-order valence-corrected chi connectivity index (χ2v) is 8.00. The molecule has 0 aliphatic carbocycles. The maximum Gasteiger partial charge on any atom is 0.256 e. The number of aromatic nitrogens is 1. The van der Waals surface area contributed by atoms with Crippen molar-refractivity contribution in [3.05, 3.63) is 89.8 Å². The zero-order chi connectivity index (χ0) is 20.5. The molecule has 0 atom stereocenters. The number of para-hydroxylation sites is 1. The average Bonchev–Trinajstić information content (AvgIpc) is 3.35. The number of amides is 1. The predicted octanol–water partition coefficient (Wildman–Crippen LogP) is 6.43. The van der Waals surface area contributed by atoms with Crippen LogP contribution in [0.15, 0.2) is 86.6 Å². The van der Waals surface area contributed by atoms with Crippen LogP contribution in [0.5, 0.6) is 0 Å². The summed E-state index contributed by atoms with van der Waals surface area (Å²) >= 11 is 1.54. The summed E-state index contributed by atoms with van der Waals surface area (Å²) in [7, 11) is 0. The first-order valence-electron chi connectivity index (χ1n) is 9.54. The van der Waals surface area contributed by atoms with Crippen LogP contribution in [0.2, 0.25) is 0 Å². The Balaban J connectivity index is 1.38. The summed E-state index contributed by atoms with van der Waals surface area (Å²) < 4.78 is 11.2. The number of nitrogens with zero attached hydrogens (tertiary/aromatic N) is 1. The van der Waals surface area contributed by atoms with Crippen molar-refractivity contribution in [2.24, 2.45) is 0 Å². The molecule has 0 bridgehead atoms. The molecule has 1 amide bonds. The summed E-state index contributed by atoms with van der Waals surface area (Å²) in [6.07, 6.45) is 0. The maximum atomic E-state index is 13.0. The van der Waals surface area contributed by atoms with Crippen LogP contribution in [0.25, 0.3) is 21.9 Å². The smallest absolute Gasteiger partial charge is 0.256 e. The van der Waals surface area contributed by atoms with Crippen molar-refractivity contribution in [2.75, 3.05) is 5.32 Å². The minimum atomic E-state index is -0.165. The van der Waals surface area contributed by atoms with Crippen molar-refractivity contribution in [3.63, 3.8) is 0 Å². The number of carbonyl (C=O) groups is 1. The van der Waals surface area contributed by atoms with Gasteiger partial charge in [0.25, 0.3) is 5.91 Å². The fourth-order valence-corrected chi connectivity index (χ4v) is 4.34. The van der Waals surface area contributed by atoms with Gasteiger partial charge in [-0.05, 0) is 37.3 Å². The minimum absolute atomic E-state index is 0.165. The van der Waals surface area contributed by atoms with Crippen molar-refractivity contribution in [1.29, 1.82) is 0 Å². The Hall–Kier alpha value is -3.51. The highest BCUT2D eigenvalue weighted by atomic mass is 32.2. The molecule has 2 heterocycles. The van der Waals surface area contributed by atoms with Gasteiger partial charge in [-0.15, -0.1) is 11.8 Å². The molecule has 5 aromatic rings. The first-order chi connectivity index (χ1) is 14.7. The Morgan fingerprint density at radius 1 is 0.967 bits per heavy atom. The van der Waals surface area contributed by atoms with Gasteiger partial charge in [0.05, 0.1) is 17.0 Å². The summed E-state index contributed by atoms with van der Waals surface area (Å²) in [6.45, 7) is 1.89. The van der Waals surface area contributed by atoms with Crippen LogP contribution in [0.3, 0.4) is 0 Å². The maximum absolute atomic E-state index is 13.0. The standard InChI is InChI=1S/C24H18N2O3S/c1-15-12-17(29-26-15)14-30-23-9-5-3-7-20(23)24(27)25-16-10-11-19-18-6-2-4-8-21(18)28-22(19)13-16/h2-13H,14H2,1H3,(H,25,27). The SMILES string of the molecule is Cc1cc(CSc2ccccc2C(=O)Nc2ccc3c(c2)oc2ccccc23)on1. The van der Waals surface area contributed by atoms with Crippen molar-refractivity contribution in [3.8, 4) is 0 Å². The van der Waals surface area contributed by atoms with E-state index in [0.29, 0.717) is 17.0 Å². The summed E-state index contributed by atoms with van der Waals surface area (Å²) in [5.74, 6) is 1.22. The third-order valence-corrected chi connectivity index (χ3v) is 5.91. The van der Waals surface area contributed by atoms with E-state index in [4.69, 9.17) is 8.94 Å². The molecule has 30 heavy (non-hydrogen) atoms. The van der Waals surface area contributed by atoms with E-state index in [9.17, 15) is 4.79 Å². The van der Waals surface area contributed by atoms with Crippen LogP contribution in [-0.2, 0) is 5.75 Å². The topological polar surface area (TPSA) is 68.3 Å². The van der Waals surface area contributed by atoms with Crippen LogP contribution < -0.4 is 5.32 Å². The van der Waals surface area contributed by atoms with E-state index in [1.165, 1.54) is 0 Å². The molecule has 0 saturated heterocycles. The van der Waals surface area contributed by atoms with E-state index >= 15 is 0 Å². The fraction of sp³-hybridized carbons (Fsp3) is 0.0833. The van der Waals surface area contributed by atoms with Gasteiger partial charge in [-0.2, -0.15) is 0 Å². The Kier molecular flexibility index (Phi) is 4.77. The number of furan rings is 1. The molecule has 5 nitrogen and oxygen atoms in total. The first kappa shape index (κ1) is 18.5. The van der Waals surface area contributed by atoms with Crippen LogP contribution in [0.1, 0.15) is 21.8 Å². The molecular formula is C24H18N2O3S. The molecule has 0 fully saturated rings. The summed E-state index contributed by atoms with van der Waals surface area (Å²) in [6, 6.07) is 23.1. The number of benzene rings is 3. The molecule has 1 N–H and O–H groups in total. The molecule has 0 saturated carbocycles. The lowest BCUT2D eigenvalue weighted by molar-refractivity contribution is 0.102. The normalized spacial score (nSPS) is 11.2. The second-order valence-electron chi connectivity index (χ2n) is 6.98. The molecule has 6 heteroatoms. The number of nitrogens with one attached hydrogen (secondary N) is 1. The number of thioether (sulfide) groups is 1.